The minimum atomic E-state index is 0.299. The standard InChI is InChI=1S/C11H24N2/c1-4-10(12)11(13(2)3)8-6-5-7-9-11/h10H,4-9,12H2,1-3H3. The van der Waals surface area contributed by atoms with Crippen molar-refractivity contribution in [2.45, 2.75) is 57.0 Å². The van der Waals surface area contributed by atoms with Crippen LogP contribution in [0.3, 0.4) is 0 Å². The first-order chi connectivity index (χ1) is 6.13. The third-order valence-electron chi connectivity index (χ3n) is 3.74. The van der Waals surface area contributed by atoms with Crippen molar-refractivity contribution in [1.82, 2.24) is 4.90 Å². The molecule has 0 spiro atoms. The van der Waals surface area contributed by atoms with Crippen LogP contribution in [0.4, 0.5) is 0 Å². The highest BCUT2D eigenvalue weighted by atomic mass is 15.2. The SMILES string of the molecule is CCC(N)C1(N(C)C)CCCCC1. The monoisotopic (exact) mass is 184 g/mol. The third-order valence-corrected chi connectivity index (χ3v) is 3.74. The lowest BCUT2D eigenvalue weighted by atomic mass is 9.75. The maximum atomic E-state index is 6.24. The van der Waals surface area contributed by atoms with E-state index >= 15 is 0 Å². The van der Waals surface area contributed by atoms with Gasteiger partial charge in [0.2, 0.25) is 0 Å². The molecule has 1 aliphatic rings. The molecule has 0 saturated heterocycles. The van der Waals surface area contributed by atoms with E-state index in [2.05, 4.69) is 25.9 Å². The predicted octanol–water partition coefficient (Wildman–Crippen LogP) is 1.99. The Kier molecular flexibility index (Phi) is 3.74. The summed E-state index contributed by atoms with van der Waals surface area (Å²) in [6, 6.07) is 0.350. The molecule has 78 valence electrons. The molecule has 1 aliphatic carbocycles. The molecule has 2 N–H and O–H groups in total. The molecule has 1 fully saturated rings. The Morgan fingerprint density at radius 1 is 1.23 bits per heavy atom. The Labute approximate surface area is 82.5 Å². The lowest BCUT2D eigenvalue weighted by Gasteiger charge is -2.47. The third kappa shape index (κ3) is 2.05. The van der Waals surface area contributed by atoms with E-state index in [0.29, 0.717) is 11.6 Å². The number of hydrogen-bond acceptors (Lipinski definition) is 2. The minimum absolute atomic E-state index is 0.299. The van der Waals surface area contributed by atoms with Crippen LogP contribution in [0.5, 0.6) is 0 Å². The number of hydrogen-bond donors (Lipinski definition) is 1. The molecule has 0 amide bonds. The smallest absolute Gasteiger partial charge is 0.0354 e. The van der Waals surface area contributed by atoms with Crippen LogP contribution in [0.2, 0.25) is 0 Å². The van der Waals surface area contributed by atoms with Gasteiger partial charge in [-0.2, -0.15) is 0 Å². The summed E-state index contributed by atoms with van der Waals surface area (Å²) in [5.74, 6) is 0. The van der Waals surface area contributed by atoms with Gasteiger partial charge in [0, 0.05) is 11.6 Å². The summed E-state index contributed by atoms with van der Waals surface area (Å²) in [5.41, 5.74) is 6.54. The molecule has 1 saturated carbocycles. The largest absolute Gasteiger partial charge is 0.326 e. The second-order valence-corrected chi connectivity index (χ2v) is 4.57. The highest BCUT2D eigenvalue weighted by Crippen LogP contribution is 2.35. The van der Waals surface area contributed by atoms with Gasteiger partial charge in [-0.3, -0.25) is 0 Å². The Hall–Kier alpha value is -0.0800. The van der Waals surface area contributed by atoms with Gasteiger partial charge in [0.05, 0.1) is 0 Å². The zero-order valence-electron chi connectivity index (χ0n) is 9.34. The molecule has 0 aliphatic heterocycles. The van der Waals surface area contributed by atoms with Crippen molar-refractivity contribution in [3.63, 3.8) is 0 Å². The first kappa shape index (κ1) is 11.0. The van der Waals surface area contributed by atoms with Crippen molar-refractivity contribution in [3.05, 3.63) is 0 Å². The van der Waals surface area contributed by atoms with Crippen LogP contribution >= 0.6 is 0 Å². The van der Waals surface area contributed by atoms with Crippen LogP contribution in [0.1, 0.15) is 45.4 Å². The van der Waals surface area contributed by atoms with E-state index in [9.17, 15) is 0 Å². The summed E-state index contributed by atoms with van der Waals surface area (Å²) >= 11 is 0. The van der Waals surface area contributed by atoms with Gasteiger partial charge < -0.3 is 10.6 Å². The average molecular weight is 184 g/mol. The van der Waals surface area contributed by atoms with Gasteiger partial charge in [0.15, 0.2) is 0 Å². The van der Waals surface area contributed by atoms with Crippen LogP contribution in [-0.2, 0) is 0 Å². The van der Waals surface area contributed by atoms with Gasteiger partial charge in [0.1, 0.15) is 0 Å². The van der Waals surface area contributed by atoms with Crippen LogP contribution in [-0.4, -0.2) is 30.6 Å². The van der Waals surface area contributed by atoms with E-state index in [1.165, 1.54) is 32.1 Å². The number of likely N-dealkylation sites (N-methyl/N-ethyl adjacent to an activating group) is 1. The van der Waals surface area contributed by atoms with E-state index in [-0.39, 0.29) is 0 Å². The van der Waals surface area contributed by atoms with Gasteiger partial charge in [-0.1, -0.05) is 26.2 Å². The molecule has 1 unspecified atom stereocenters. The summed E-state index contributed by atoms with van der Waals surface area (Å²) in [6.07, 6.45) is 7.77. The van der Waals surface area contributed by atoms with E-state index < -0.39 is 0 Å². The lowest BCUT2D eigenvalue weighted by molar-refractivity contribution is 0.0702. The first-order valence-corrected chi connectivity index (χ1v) is 5.56. The molecule has 0 aromatic heterocycles. The summed E-state index contributed by atoms with van der Waals surface area (Å²) in [4.78, 5) is 2.36. The molecule has 0 radical (unpaired) electrons. The van der Waals surface area contributed by atoms with Crippen LogP contribution in [0, 0.1) is 0 Å². The molecule has 1 atom stereocenters. The van der Waals surface area contributed by atoms with Crippen molar-refractivity contribution in [2.24, 2.45) is 5.73 Å². The van der Waals surface area contributed by atoms with Gasteiger partial charge in [-0.05, 0) is 33.4 Å². The van der Waals surface area contributed by atoms with Crippen molar-refractivity contribution in [1.29, 1.82) is 0 Å². The molecule has 1 rings (SSSR count). The maximum Gasteiger partial charge on any atom is 0.0354 e. The molecular weight excluding hydrogens is 160 g/mol. The molecule has 2 nitrogen and oxygen atoms in total. The molecule has 0 aromatic rings. The van der Waals surface area contributed by atoms with Crippen molar-refractivity contribution in [2.75, 3.05) is 14.1 Å². The maximum absolute atomic E-state index is 6.24. The van der Waals surface area contributed by atoms with Crippen molar-refractivity contribution >= 4 is 0 Å². The second kappa shape index (κ2) is 4.43. The quantitative estimate of drug-likeness (QED) is 0.727. The van der Waals surface area contributed by atoms with Crippen LogP contribution < -0.4 is 5.73 Å². The minimum Gasteiger partial charge on any atom is -0.326 e. The Morgan fingerprint density at radius 3 is 2.15 bits per heavy atom. The Balaban J connectivity index is 2.72. The zero-order valence-corrected chi connectivity index (χ0v) is 9.34. The van der Waals surface area contributed by atoms with Gasteiger partial charge >= 0.3 is 0 Å². The van der Waals surface area contributed by atoms with Crippen molar-refractivity contribution in [3.8, 4) is 0 Å². The van der Waals surface area contributed by atoms with Crippen LogP contribution in [0.15, 0.2) is 0 Å². The summed E-state index contributed by atoms with van der Waals surface area (Å²) in [5, 5.41) is 0. The fraction of sp³-hybridized carbons (Fsp3) is 1.00. The highest BCUT2D eigenvalue weighted by molar-refractivity contribution is 4.98. The zero-order chi connectivity index (χ0) is 9.90. The fourth-order valence-corrected chi connectivity index (χ4v) is 2.69. The highest BCUT2D eigenvalue weighted by Gasteiger charge is 2.38. The van der Waals surface area contributed by atoms with E-state index in [4.69, 9.17) is 5.73 Å². The Bertz CT molecular complexity index is 148. The molecule has 0 aromatic carbocycles. The number of nitrogens with zero attached hydrogens (tertiary/aromatic N) is 1. The van der Waals surface area contributed by atoms with Gasteiger partial charge in [-0.15, -0.1) is 0 Å². The van der Waals surface area contributed by atoms with Gasteiger partial charge in [-0.25, -0.2) is 0 Å². The molecule has 2 heteroatoms. The molecule has 0 bridgehead atoms. The Morgan fingerprint density at radius 2 is 1.77 bits per heavy atom. The predicted molar refractivity (Wildman–Crippen MR) is 57.8 cm³/mol. The summed E-state index contributed by atoms with van der Waals surface area (Å²) in [6.45, 7) is 2.20. The van der Waals surface area contributed by atoms with Crippen molar-refractivity contribution < 1.29 is 0 Å². The normalized spacial score (nSPS) is 24.7. The summed E-state index contributed by atoms with van der Waals surface area (Å²) in [7, 11) is 4.36. The van der Waals surface area contributed by atoms with E-state index in [1.807, 2.05) is 0 Å². The average Bonchev–Trinajstić information content (AvgIpc) is 2.17. The topological polar surface area (TPSA) is 29.3 Å². The lowest BCUT2D eigenvalue weighted by Crippen LogP contribution is -2.58. The van der Waals surface area contributed by atoms with E-state index in [1.54, 1.807) is 0 Å². The molecular formula is C11H24N2. The summed E-state index contributed by atoms with van der Waals surface area (Å²) < 4.78 is 0. The van der Waals surface area contributed by atoms with Crippen LogP contribution in [0.25, 0.3) is 0 Å². The van der Waals surface area contributed by atoms with E-state index in [0.717, 1.165) is 6.42 Å². The van der Waals surface area contributed by atoms with Gasteiger partial charge in [0.25, 0.3) is 0 Å². The molecule has 0 heterocycles. The second-order valence-electron chi connectivity index (χ2n) is 4.57. The number of nitrogens with two attached hydrogens (primary N) is 1. The number of rotatable bonds is 3. The first-order valence-electron chi connectivity index (χ1n) is 5.56. The molecule has 13 heavy (non-hydrogen) atoms. The fourth-order valence-electron chi connectivity index (χ4n) is 2.69.